The summed E-state index contributed by atoms with van der Waals surface area (Å²) in [7, 11) is 0. The van der Waals surface area contributed by atoms with Crippen LogP contribution in [0.2, 0.25) is 0 Å². The molecule has 1 saturated heterocycles. The number of unbranched alkanes of at least 4 members (excludes halogenated alkanes) is 1. The van der Waals surface area contributed by atoms with Crippen molar-refractivity contribution < 1.29 is 52.0 Å². The van der Waals surface area contributed by atoms with Crippen molar-refractivity contribution in [1.82, 2.24) is 10.2 Å². The zero-order chi connectivity index (χ0) is 36.5. The van der Waals surface area contributed by atoms with E-state index in [9.17, 15) is 9.59 Å². The van der Waals surface area contributed by atoms with Gasteiger partial charge in [-0.05, 0) is 79.7 Å². The number of hydrogen-bond acceptors (Lipinski definition) is 7. The van der Waals surface area contributed by atoms with Gasteiger partial charge in [-0.15, -0.1) is 44.9 Å². The number of amides is 1. The number of ketones is 1. The minimum Gasteiger partial charge on any atom is -0.444 e. The first-order valence-corrected chi connectivity index (χ1v) is 20.1. The Kier molecular flexibility index (Phi) is 21.7. The maximum atomic E-state index is 11.5. The van der Waals surface area contributed by atoms with Gasteiger partial charge in [0.25, 0.3) is 0 Å². The number of piperidine rings is 1. The van der Waals surface area contributed by atoms with E-state index in [1.165, 1.54) is 47.1 Å². The maximum Gasteiger partial charge on any atom is 1.00 e. The van der Waals surface area contributed by atoms with Crippen molar-refractivity contribution in [3.05, 3.63) is 120 Å². The van der Waals surface area contributed by atoms with Crippen molar-refractivity contribution >= 4 is 81.7 Å². The summed E-state index contributed by atoms with van der Waals surface area (Å²) in [5.41, 5.74) is 1.05. The standard InChI is InChI=1S/C13H13NS.C10H17NO3.C8H6S.C8H5S.C4H9.2Li/c1-2-4-12-11(3-1)9-13(15-12)10-5-7-14-8-6-10;1-10(2,3)14-9(13)11-6-4-8(12)5-7-11;2*1-2-4-8-7(3-1)5-6-9-8;1-3-4-2;;/h1-5,9,14H,6-8H2;4-7H2,1-3H3;1-6H;1-5H;1,3-4H2,2H3;;/q;;;2*-1;2*+1. The first-order valence-electron chi connectivity index (χ1n) is 17.6. The number of Topliss-reactive ketones (excluding diaryl/α,β-unsaturated/α-hetero) is 1. The number of rotatable bonds is 2. The summed E-state index contributed by atoms with van der Waals surface area (Å²) < 4.78 is 9.27. The molecule has 5 nitrogen and oxygen atoms in total. The molecule has 3 aromatic carbocycles. The van der Waals surface area contributed by atoms with Gasteiger partial charge in [0, 0.05) is 46.8 Å². The Morgan fingerprint density at radius 2 is 1.47 bits per heavy atom. The minimum absolute atomic E-state index is 0. The number of carbonyl (C=O) groups is 2. The molecule has 53 heavy (non-hydrogen) atoms. The molecule has 3 aromatic heterocycles. The van der Waals surface area contributed by atoms with Crippen LogP contribution >= 0.6 is 34.0 Å². The van der Waals surface area contributed by atoms with Gasteiger partial charge in [-0.25, -0.2) is 4.79 Å². The summed E-state index contributed by atoms with van der Waals surface area (Å²) in [6.07, 6.45) is 6.35. The molecule has 270 valence electrons. The van der Waals surface area contributed by atoms with Crippen LogP contribution in [-0.2, 0) is 9.53 Å². The minimum atomic E-state index is -0.460. The molecule has 1 N–H and O–H groups in total. The Balaban J connectivity index is 0.000000238. The molecule has 2 aliphatic heterocycles. The van der Waals surface area contributed by atoms with Crippen LogP contribution < -0.4 is 43.0 Å². The van der Waals surface area contributed by atoms with E-state index in [0.717, 1.165) is 25.9 Å². The molecule has 6 aromatic rings. The number of nitrogens with one attached hydrogen (secondary N) is 1. The van der Waals surface area contributed by atoms with Crippen LogP contribution in [0, 0.1) is 12.3 Å². The van der Waals surface area contributed by atoms with Gasteiger partial charge in [0.05, 0.1) is 0 Å². The molecule has 1 amide bonds. The van der Waals surface area contributed by atoms with E-state index >= 15 is 0 Å². The molecule has 10 heteroatoms. The summed E-state index contributed by atoms with van der Waals surface area (Å²) in [5, 5.41) is 12.6. The molecule has 0 bridgehead atoms. The van der Waals surface area contributed by atoms with Gasteiger partial charge >= 0.3 is 43.8 Å². The van der Waals surface area contributed by atoms with Gasteiger partial charge in [0.2, 0.25) is 0 Å². The zero-order valence-electron chi connectivity index (χ0n) is 32.3. The number of fused-ring (bicyclic) bond motifs is 3. The Morgan fingerprint density at radius 1 is 0.868 bits per heavy atom. The molecule has 0 atom stereocenters. The van der Waals surface area contributed by atoms with Crippen molar-refractivity contribution in [2.45, 2.75) is 65.4 Å². The second kappa shape index (κ2) is 24.7. The number of hydrogen-bond donors (Lipinski definition) is 1. The van der Waals surface area contributed by atoms with Crippen LogP contribution in [0.3, 0.4) is 0 Å². The smallest absolute Gasteiger partial charge is 0.444 e. The zero-order valence-corrected chi connectivity index (χ0v) is 34.7. The average Bonchev–Trinajstić information content (AvgIpc) is 3.92. The summed E-state index contributed by atoms with van der Waals surface area (Å²) in [5.74, 6) is 0.227. The van der Waals surface area contributed by atoms with Crippen LogP contribution in [0.5, 0.6) is 0 Å². The third-order valence-corrected chi connectivity index (χ3v) is 10.7. The van der Waals surface area contributed by atoms with Crippen LogP contribution in [0.1, 0.15) is 64.7 Å². The predicted molar refractivity (Wildman–Crippen MR) is 222 cm³/mol. The van der Waals surface area contributed by atoms with E-state index in [2.05, 4.69) is 109 Å². The molecule has 0 spiro atoms. The van der Waals surface area contributed by atoms with E-state index in [4.69, 9.17) is 4.74 Å². The fourth-order valence-electron chi connectivity index (χ4n) is 5.01. The van der Waals surface area contributed by atoms with Crippen molar-refractivity contribution in [2.75, 3.05) is 26.2 Å². The van der Waals surface area contributed by atoms with Crippen LogP contribution in [-0.4, -0.2) is 48.6 Å². The molecular formula is C43H50Li2N2O3S3. The molecular weight excluding hydrogens is 703 g/mol. The van der Waals surface area contributed by atoms with Crippen LogP contribution in [0.25, 0.3) is 35.8 Å². The Hall–Kier alpha value is -2.63. The average molecular weight is 753 g/mol. The van der Waals surface area contributed by atoms with Gasteiger partial charge < -0.3 is 21.9 Å². The van der Waals surface area contributed by atoms with Gasteiger partial charge in [-0.2, -0.15) is 17.9 Å². The molecule has 0 saturated carbocycles. The molecule has 1 fully saturated rings. The quantitative estimate of drug-likeness (QED) is 0.172. The Bertz CT molecular complexity index is 1800. The molecule has 0 unspecified atom stereocenters. The van der Waals surface area contributed by atoms with E-state index in [0.29, 0.717) is 25.9 Å². The van der Waals surface area contributed by atoms with Crippen molar-refractivity contribution in [3.63, 3.8) is 0 Å². The number of carbonyl (C=O) groups excluding carboxylic acids is 2. The van der Waals surface area contributed by atoms with Crippen molar-refractivity contribution in [3.8, 4) is 0 Å². The van der Waals surface area contributed by atoms with E-state index in [1.54, 1.807) is 27.6 Å². The summed E-state index contributed by atoms with van der Waals surface area (Å²) in [6, 6.07) is 31.8. The topological polar surface area (TPSA) is 58.6 Å². The normalized spacial score (nSPS) is 13.6. The third-order valence-electron chi connectivity index (χ3n) is 7.80. The van der Waals surface area contributed by atoms with Crippen molar-refractivity contribution in [2.24, 2.45) is 0 Å². The fourth-order valence-corrected chi connectivity index (χ4v) is 7.63. The van der Waals surface area contributed by atoms with E-state index in [1.807, 2.05) is 50.3 Å². The van der Waals surface area contributed by atoms with Gasteiger partial charge in [-0.1, -0.05) is 68.0 Å². The first-order chi connectivity index (χ1) is 24.7. The number of thiophene rings is 3. The summed E-state index contributed by atoms with van der Waals surface area (Å²) in [4.78, 5) is 25.5. The van der Waals surface area contributed by atoms with Gasteiger partial charge in [0.15, 0.2) is 0 Å². The van der Waals surface area contributed by atoms with Crippen molar-refractivity contribution in [1.29, 1.82) is 0 Å². The molecule has 8 rings (SSSR count). The second-order valence-electron chi connectivity index (χ2n) is 13.1. The number of ether oxygens (including phenoxy) is 1. The third kappa shape index (κ3) is 16.3. The van der Waals surface area contributed by atoms with Gasteiger partial charge in [0.1, 0.15) is 11.4 Å². The molecule has 5 heterocycles. The summed E-state index contributed by atoms with van der Waals surface area (Å²) in [6.45, 7) is 14.3. The monoisotopic (exact) mass is 752 g/mol. The number of nitrogens with zero attached hydrogens (tertiary/aromatic N) is 1. The van der Waals surface area contributed by atoms with E-state index in [-0.39, 0.29) is 49.6 Å². The van der Waals surface area contributed by atoms with Crippen LogP contribution in [0.4, 0.5) is 4.79 Å². The SMILES string of the molecule is C1=C(c2cc3ccccc3s2)CCNC1.CC(C)(C)OC(=O)N1CCC(=O)CC1.[CH2-]CCC.[Li+].[Li+].[c-]1cc2ccccc2s1.c1ccc2sccc2c1. The molecule has 0 aliphatic carbocycles. The number of benzene rings is 3. The second-order valence-corrected chi connectivity index (χ2v) is 16.0. The largest absolute Gasteiger partial charge is 1.00 e. The van der Waals surface area contributed by atoms with Crippen LogP contribution in [0.15, 0.2) is 102 Å². The Labute approximate surface area is 352 Å². The van der Waals surface area contributed by atoms with Gasteiger partial charge in [-0.3, -0.25) is 16.1 Å². The first kappa shape index (κ1) is 46.5. The molecule has 0 radical (unpaired) electrons. The Morgan fingerprint density at radius 3 is 2.04 bits per heavy atom. The predicted octanol–water partition coefficient (Wildman–Crippen LogP) is 6.10. The molecule has 2 aliphatic rings. The number of likely N-dealkylation sites (tertiary alicyclic amines) is 1. The van der Waals surface area contributed by atoms with E-state index < -0.39 is 5.60 Å². The maximum absolute atomic E-state index is 11.5. The summed E-state index contributed by atoms with van der Waals surface area (Å²) >= 11 is 5.36. The fraction of sp³-hybridized carbons (Fsp3) is 0.326.